The molecular weight excluding hydrogens is 262 g/mol. The predicted octanol–water partition coefficient (Wildman–Crippen LogP) is 2.43. The number of hydrogen-bond donors (Lipinski definition) is 2. The largest absolute Gasteiger partial charge is 0.504 e. The number of rotatable bonds is 5. The van der Waals surface area contributed by atoms with Crippen LogP contribution in [-0.2, 0) is 6.42 Å². The van der Waals surface area contributed by atoms with Crippen LogP contribution in [0.25, 0.3) is 0 Å². The lowest BCUT2D eigenvalue weighted by Crippen LogP contribution is -2.25. The highest BCUT2D eigenvalue weighted by molar-refractivity contribution is 7.07. The average Bonchev–Trinajstić information content (AvgIpc) is 2.92. The van der Waals surface area contributed by atoms with Crippen LogP contribution in [0.4, 0.5) is 0 Å². The topological polar surface area (TPSA) is 58.6 Å². The third-order valence-electron chi connectivity index (χ3n) is 2.72. The van der Waals surface area contributed by atoms with Crippen molar-refractivity contribution in [2.24, 2.45) is 0 Å². The first kappa shape index (κ1) is 13.4. The van der Waals surface area contributed by atoms with Crippen molar-refractivity contribution in [2.45, 2.75) is 6.42 Å². The van der Waals surface area contributed by atoms with Crippen molar-refractivity contribution >= 4 is 17.2 Å². The summed E-state index contributed by atoms with van der Waals surface area (Å²) in [5.74, 6) is 0.149. The Hall–Kier alpha value is -2.01. The SMILES string of the molecule is COc1cc(C(=O)NCCc2ccsc2)ccc1O. The van der Waals surface area contributed by atoms with Crippen LogP contribution in [-0.4, -0.2) is 24.7 Å². The van der Waals surface area contributed by atoms with Crippen LogP contribution >= 0.6 is 11.3 Å². The number of carbonyl (C=O) groups excluding carboxylic acids is 1. The molecule has 1 heterocycles. The van der Waals surface area contributed by atoms with Gasteiger partial charge in [-0.1, -0.05) is 0 Å². The van der Waals surface area contributed by atoms with Crippen molar-refractivity contribution in [3.05, 3.63) is 46.2 Å². The number of amides is 1. The van der Waals surface area contributed by atoms with Crippen LogP contribution < -0.4 is 10.1 Å². The Labute approximate surface area is 115 Å². The summed E-state index contributed by atoms with van der Waals surface area (Å²) in [6, 6.07) is 6.58. The molecule has 0 fully saturated rings. The number of ether oxygens (including phenoxy) is 1. The number of phenolic OH excluding ortho intramolecular Hbond substituents is 1. The quantitative estimate of drug-likeness (QED) is 0.882. The molecule has 0 aliphatic carbocycles. The van der Waals surface area contributed by atoms with Gasteiger partial charge in [-0.25, -0.2) is 0 Å². The van der Waals surface area contributed by atoms with E-state index in [1.165, 1.54) is 24.8 Å². The van der Waals surface area contributed by atoms with Crippen molar-refractivity contribution in [1.82, 2.24) is 5.32 Å². The maximum absolute atomic E-state index is 11.9. The molecule has 5 heteroatoms. The second kappa shape index (κ2) is 6.24. The summed E-state index contributed by atoms with van der Waals surface area (Å²) in [6.45, 7) is 0.582. The van der Waals surface area contributed by atoms with Crippen LogP contribution in [0.2, 0.25) is 0 Å². The summed E-state index contributed by atoms with van der Waals surface area (Å²) < 4.78 is 4.97. The zero-order chi connectivity index (χ0) is 13.7. The number of carbonyl (C=O) groups is 1. The molecular formula is C14H15NO3S. The molecule has 100 valence electrons. The van der Waals surface area contributed by atoms with Crippen LogP contribution in [0.5, 0.6) is 11.5 Å². The molecule has 0 saturated carbocycles. The number of nitrogens with one attached hydrogen (secondary N) is 1. The van der Waals surface area contributed by atoms with Gasteiger partial charge < -0.3 is 15.2 Å². The van der Waals surface area contributed by atoms with Gasteiger partial charge in [0.2, 0.25) is 0 Å². The number of hydrogen-bond acceptors (Lipinski definition) is 4. The van der Waals surface area contributed by atoms with Crippen molar-refractivity contribution in [2.75, 3.05) is 13.7 Å². The Morgan fingerprint density at radius 1 is 1.42 bits per heavy atom. The van der Waals surface area contributed by atoms with Gasteiger partial charge in [-0.2, -0.15) is 11.3 Å². The molecule has 2 rings (SSSR count). The number of thiophene rings is 1. The molecule has 0 radical (unpaired) electrons. The van der Waals surface area contributed by atoms with E-state index in [-0.39, 0.29) is 11.7 Å². The maximum atomic E-state index is 11.9. The number of aromatic hydroxyl groups is 1. The van der Waals surface area contributed by atoms with Crippen molar-refractivity contribution in [1.29, 1.82) is 0 Å². The maximum Gasteiger partial charge on any atom is 0.251 e. The van der Waals surface area contributed by atoms with Crippen LogP contribution in [0.1, 0.15) is 15.9 Å². The molecule has 0 atom stereocenters. The zero-order valence-corrected chi connectivity index (χ0v) is 11.4. The minimum atomic E-state index is -0.173. The lowest BCUT2D eigenvalue weighted by Gasteiger charge is -2.07. The standard InChI is InChI=1S/C14H15NO3S/c1-18-13-8-11(2-3-12(13)16)14(17)15-6-4-10-5-7-19-9-10/h2-3,5,7-9,16H,4,6H2,1H3,(H,15,17). The number of methoxy groups -OCH3 is 1. The second-order valence-corrected chi connectivity index (χ2v) is 4.80. The third kappa shape index (κ3) is 3.48. The van der Waals surface area contributed by atoms with E-state index in [0.29, 0.717) is 17.9 Å². The van der Waals surface area contributed by atoms with E-state index in [1.807, 2.05) is 11.4 Å². The summed E-state index contributed by atoms with van der Waals surface area (Å²) in [4.78, 5) is 11.9. The van der Waals surface area contributed by atoms with Gasteiger partial charge in [-0.3, -0.25) is 4.79 Å². The van der Waals surface area contributed by atoms with Gasteiger partial charge in [0.15, 0.2) is 11.5 Å². The first-order valence-electron chi connectivity index (χ1n) is 5.87. The minimum Gasteiger partial charge on any atom is -0.504 e. The van der Waals surface area contributed by atoms with E-state index in [4.69, 9.17) is 4.74 Å². The Balaban J connectivity index is 1.92. The van der Waals surface area contributed by atoms with E-state index in [9.17, 15) is 9.90 Å². The average molecular weight is 277 g/mol. The summed E-state index contributed by atoms with van der Waals surface area (Å²) in [7, 11) is 1.45. The highest BCUT2D eigenvalue weighted by Gasteiger charge is 2.09. The van der Waals surface area contributed by atoms with Gasteiger partial charge in [0, 0.05) is 12.1 Å². The van der Waals surface area contributed by atoms with E-state index in [2.05, 4.69) is 10.7 Å². The van der Waals surface area contributed by atoms with Crippen LogP contribution in [0.3, 0.4) is 0 Å². The summed E-state index contributed by atoms with van der Waals surface area (Å²) >= 11 is 1.64. The highest BCUT2D eigenvalue weighted by atomic mass is 32.1. The molecule has 0 bridgehead atoms. The molecule has 0 spiro atoms. The Kier molecular flexibility index (Phi) is 4.41. The Morgan fingerprint density at radius 3 is 2.95 bits per heavy atom. The molecule has 0 aliphatic rings. The third-order valence-corrected chi connectivity index (χ3v) is 3.45. The molecule has 1 aromatic heterocycles. The highest BCUT2D eigenvalue weighted by Crippen LogP contribution is 2.26. The van der Waals surface area contributed by atoms with Gasteiger partial charge in [-0.05, 0) is 47.0 Å². The molecule has 0 saturated heterocycles. The van der Waals surface area contributed by atoms with Crippen molar-refractivity contribution < 1.29 is 14.6 Å². The van der Waals surface area contributed by atoms with Crippen molar-refractivity contribution in [3.8, 4) is 11.5 Å². The lowest BCUT2D eigenvalue weighted by molar-refractivity contribution is 0.0954. The van der Waals surface area contributed by atoms with Crippen LogP contribution in [0.15, 0.2) is 35.0 Å². The predicted molar refractivity (Wildman–Crippen MR) is 75.0 cm³/mol. The summed E-state index contributed by atoms with van der Waals surface area (Å²) in [5.41, 5.74) is 1.69. The van der Waals surface area contributed by atoms with E-state index < -0.39 is 0 Å². The molecule has 2 N–H and O–H groups in total. The molecule has 0 aliphatic heterocycles. The molecule has 1 amide bonds. The zero-order valence-electron chi connectivity index (χ0n) is 10.6. The summed E-state index contributed by atoms with van der Waals surface area (Å²) in [5, 5.41) is 16.4. The fourth-order valence-electron chi connectivity index (χ4n) is 1.68. The minimum absolute atomic E-state index is 0.0253. The molecule has 19 heavy (non-hydrogen) atoms. The monoisotopic (exact) mass is 277 g/mol. The first-order chi connectivity index (χ1) is 9.20. The van der Waals surface area contributed by atoms with Gasteiger partial charge in [0.05, 0.1) is 7.11 Å². The van der Waals surface area contributed by atoms with Crippen molar-refractivity contribution in [3.63, 3.8) is 0 Å². The van der Waals surface area contributed by atoms with Gasteiger partial charge in [0.1, 0.15) is 0 Å². The smallest absolute Gasteiger partial charge is 0.251 e. The number of benzene rings is 1. The molecule has 0 unspecified atom stereocenters. The molecule has 2 aromatic rings. The lowest BCUT2D eigenvalue weighted by atomic mass is 10.2. The van der Waals surface area contributed by atoms with Gasteiger partial charge >= 0.3 is 0 Å². The van der Waals surface area contributed by atoms with Crippen LogP contribution in [0, 0.1) is 0 Å². The van der Waals surface area contributed by atoms with E-state index >= 15 is 0 Å². The van der Waals surface area contributed by atoms with Gasteiger partial charge in [-0.15, -0.1) is 0 Å². The Bertz CT molecular complexity index is 552. The van der Waals surface area contributed by atoms with E-state index in [0.717, 1.165) is 6.42 Å². The van der Waals surface area contributed by atoms with Gasteiger partial charge in [0.25, 0.3) is 5.91 Å². The summed E-state index contributed by atoms with van der Waals surface area (Å²) in [6.07, 6.45) is 0.810. The first-order valence-corrected chi connectivity index (χ1v) is 6.81. The molecule has 1 aromatic carbocycles. The Morgan fingerprint density at radius 2 is 2.26 bits per heavy atom. The molecule has 4 nitrogen and oxygen atoms in total. The fourth-order valence-corrected chi connectivity index (χ4v) is 2.38. The number of phenols is 1. The fraction of sp³-hybridized carbons (Fsp3) is 0.214. The normalized spacial score (nSPS) is 10.2. The van der Waals surface area contributed by atoms with E-state index in [1.54, 1.807) is 17.4 Å². The second-order valence-electron chi connectivity index (χ2n) is 4.02.